The first-order valence-electron chi connectivity index (χ1n) is 18.1. The maximum absolute atomic E-state index is 6.26. The number of fused-ring (bicyclic) bond motifs is 7. The summed E-state index contributed by atoms with van der Waals surface area (Å²) in [5, 5.41) is 6.83. The molecule has 3 heterocycles. The van der Waals surface area contributed by atoms with Crippen molar-refractivity contribution in [2.75, 3.05) is 0 Å². The van der Waals surface area contributed by atoms with E-state index in [0.717, 1.165) is 60.8 Å². The second-order valence-corrected chi connectivity index (χ2v) is 13.6. The summed E-state index contributed by atoms with van der Waals surface area (Å²) in [6, 6.07) is 63.4. The third-order valence-corrected chi connectivity index (χ3v) is 10.4. The van der Waals surface area contributed by atoms with E-state index in [-0.39, 0.29) is 0 Å². The van der Waals surface area contributed by atoms with E-state index in [0.29, 0.717) is 17.5 Å². The van der Waals surface area contributed by atoms with Crippen molar-refractivity contribution in [3.63, 3.8) is 0 Å². The first-order chi connectivity index (χ1) is 26.7. The van der Waals surface area contributed by atoms with E-state index in [9.17, 15) is 0 Å². The Labute approximate surface area is 310 Å². The average molecular weight is 691 g/mol. The van der Waals surface area contributed by atoms with Crippen molar-refractivity contribution in [2.24, 2.45) is 0 Å². The standard InChI is InChI=1S/C49H30N4O/c1-2-12-33-30-36(24-23-31(33)11-1)48-50-47(51-49(52-48)41-18-10-22-45-46(41)40-17-5-8-21-44(40)54-45)35-14-9-13-34(29-35)32-25-27-37(28-26-32)53-42-19-6-3-15-38(42)39-16-4-7-20-43(39)53/h1-30H. The highest BCUT2D eigenvalue weighted by atomic mass is 16.3. The number of furan rings is 1. The van der Waals surface area contributed by atoms with Crippen molar-refractivity contribution in [1.29, 1.82) is 0 Å². The molecule has 54 heavy (non-hydrogen) atoms. The van der Waals surface area contributed by atoms with Crippen LogP contribution >= 0.6 is 0 Å². The molecular formula is C49H30N4O. The second-order valence-electron chi connectivity index (χ2n) is 13.6. The molecule has 3 aromatic heterocycles. The zero-order valence-corrected chi connectivity index (χ0v) is 29.0. The van der Waals surface area contributed by atoms with Crippen molar-refractivity contribution < 1.29 is 4.42 Å². The van der Waals surface area contributed by atoms with Gasteiger partial charge >= 0.3 is 0 Å². The van der Waals surface area contributed by atoms with Crippen LogP contribution in [-0.2, 0) is 0 Å². The van der Waals surface area contributed by atoms with Crippen LogP contribution in [0.1, 0.15) is 0 Å². The molecule has 11 rings (SSSR count). The number of hydrogen-bond donors (Lipinski definition) is 0. The molecule has 0 aliphatic rings. The molecule has 0 N–H and O–H groups in total. The molecule has 0 radical (unpaired) electrons. The molecule has 0 aliphatic heterocycles. The highest BCUT2D eigenvalue weighted by Crippen LogP contribution is 2.38. The fourth-order valence-electron chi connectivity index (χ4n) is 7.89. The largest absolute Gasteiger partial charge is 0.456 e. The van der Waals surface area contributed by atoms with Gasteiger partial charge in [-0.1, -0.05) is 133 Å². The lowest BCUT2D eigenvalue weighted by Gasteiger charge is -2.11. The Balaban J connectivity index is 1.05. The Kier molecular flexibility index (Phi) is 6.79. The predicted octanol–water partition coefficient (Wildman–Crippen LogP) is 12.7. The van der Waals surface area contributed by atoms with Gasteiger partial charge in [-0.3, -0.25) is 0 Å². The molecule has 0 bridgehead atoms. The fraction of sp³-hybridized carbons (Fsp3) is 0. The van der Waals surface area contributed by atoms with Crippen LogP contribution in [0.15, 0.2) is 186 Å². The van der Waals surface area contributed by atoms with Crippen molar-refractivity contribution >= 4 is 54.5 Å². The zero-order chi connectivity index (χ0) is 35.6. The Morgan fingerprint density at radius 2 is 0.944 bits per heavy atom. The maximum Gasteiger partial charge on any atom is 0.164 e. The SMILES string of the molecule is c1cc(-c2ccc(-n3c4ccccc4c4ccccc43)cc2)cc(-c2nc(-c3ccc4ccccc4c3)nc(-c3cccc4oc5ccccc5c34)n2)c1. The monoisotopic (exact) mass is 690 g/mol. The molecule has 0 unspecified atom stereocenters. The van der Waals surface area contributed by atoms with Crippen LogP contribution in [0.5, 0.6) is 0 Å². The molecule has 5 heteroatoms. The predicted molar refractivity (Wildman–Crippen MR) is 221 cm³/mol. The third kappa shape index (κ3) is 4.90. The minimum atomic E-state index is 0.598. The molecular weight excluding hydrogens is 661 g/mol. The smallest absolute Gasteiger partial charge is 0.164 e. The topological polar surface area (TPSA) is 56.7 Å². The highest BCUT2D eigenvalue weighted by molar-refractivity contribution is 6.12. The molecule has 0 aliphatic carbocycles. The highest BCUT2D eigenvalue weighted by Gasteiger charge is 2.18. The maximum atomic E-state index is 6.26. The summed E-state index contributed by atoms with van der Waals surface area (Å²) in [5.41, 5.74) is 10.1. The average Bonchev–Trinajstić information content (AvgIpc) is 3.80. The normalized spacial score (nSPS) is 11.7. The quantitative estimate of drug-likeness (QED) is 0.180. The van der Waals surface area contributed by atoms with Gasteiger partial charge in [-0.25, -0.2) is 15.0 Å². The number of para-hydroxylation sites is 3. The minimum Gasteiger partial charge on any atom is -0.456 e. The van der Waals surface area contributed by atoms with Gasteiger partial charge in [0, 0.05) is 43.9 Å². The van der Waals surface area contributed by atoms with E-state index in [4.69, 9.17) is 19.4 Å². The summed E-state index contributed by atoms with van der Waals surface area (Å²) in [4.78, 5) is 15.4. The molecule has 0 saturated carbocycles. The molecule has 0 fully saturated rings. The van der Waals surface area contributed by atoms with E-state index in [1.807, 2.05) is 30.3 Å². The van der Waals surface area contributed by atoms with Crippen LogP contribution in [0.25, 0.3) is 105 Å². The van der Waals surface area contributed by atoms with Crippen LogP contribution in [-0.4, -0.2) is 19.5 Å². The Morgan fingerprint density at radius 1 is 0.370 bits per heavy atom. The third-order valence-electron chi connectivity index (χ3n) is 10.4. The van der Waals surface area contributed by atoms with Gasteiger partial charge in [-0.2, -0.15) is 0 Å². The van der Waals surface area contributed by atoms with Crippen LogP contribution in [0.2, 0.25) is 0 Å². The number of aromatic nitrogens is 4. The summed E-state index contributed by atoms with van der Waals surface area (Å²) in [5.74, 6) is 1.82. The summed E-state index contributed by atoms with van der Waals surface area (Å²) >= 11 is 0. The van der Waals surface area contributed by atoms with Gasteiger partial charge in [0.25, 0.3) is 0 Å². The second kappa shape index (κ2) is 12.1. The van der Waals surface area contributed by atoms with Crippen LogP contribution in [0.3, 0.4) is 0 Å². The Hall–Kier alpha value is -7.37. The van der Waals surface area contributed by atoms with Crippen LogP contribution < -0.4 is 0 Å². The van der Waals surface area contributed by atoms with Gasteiger partial charge in [0.15, 0.2) is 17.5 Å². The molecule has 0 spiro atoms. The number of nitrogens with zero attached hydrogens (tertiary/aromatic N) is 4. The molecule has 0 amide bonds. The van der Waals surface area contributed by atoms with Crippen LogP contribution in [0.4, 0.5) is 0 Å². The number of hydrogen-bond acceptors (Lipinski definition) is 4. The van der Waals surface area contributed by atoms with Gasteiger partial charge in [-0.15, -0.1) is 0 Å². The number of rotatable bonds is 5. The summed E-state index contributed by atoms with van der Waals surface area (Å²) in [6.45, 7) is 0. The van der Waals surface area contributed by atoms with Crippen molar-refractivity contribution in [2.45, 2.75) is 0 Å². The summed E-state index contributed by atoms with van der Waals surface area (Å²) < 4.78 is 8.60. The van der Waals surface area contributed by atoms with E-state index in [1.165, 1.54) is 27.2 Å². The molecule has 0 saturated heterocycles. The van der Waals surface area contributed by atoms with Gasteiger partial charge in [-0.05, 0) is 70.4 Å². The van der Waals surface area contributed by atoms with Gasteiger partial charge < -0.3 is 8.98 Å². The van der Waals surface area contributed by atoms with Crippen molar-refractivity contribution in [3.05, 3.63) is 182 Å². The van der Waals surface area contributed by atoms with Gasteiger partial charge in [0.2, 0.25) is 0 Å². The first-order valence-corrected chi connectivity index (χ1v) is 18.1. The minimum absolute atomic E-state index is 0.598. The Morgan fingerprint density at radius 3 is 1.72 bits per heavy atom. The Bertz CT molecular complexity index is 3170. The van der Waals surface area contributed by atoms with E-state index >= 15 is 0 Å². The van der Waals surface area contributed by atoms with E-state index < -0.39 is 0 Å². The van der Waals surface area contributed by atoms with E-state index in [1.54, 1.807) is 0 Å². The van der Waals surface area contributed by atoms with Crippen molar-refractivity contribution in [3.8, 4) is 51.0 Å². The molecule has 0 atom stereocenters. The first kappa shape index (κ1) is 30.3. The van der Waals surface area contributed by atoms with E-state index in [2.05, 4.69) is 156 Å². The molecule has 8 aromatic carbocycles. The fourth-order valence-corrected chi connectivity index (χ4v) is 7.89. The summed E-state index contributed by atoms with van der Waals surface area (Å²) in [7, 11) is 0. The lowest BCUT2D eigenvalue weighted by molar-refractivity contribution is 0.669. The lowest BCUT2D eigenvalue weighted by Crippen LogP contribution is -2.00. The zero-order valence-electron chi connectivity index (χ0n) is 29.0. The lowest BCUT2D eigenvalue weighted by atomic mass is 10.0. The van der Waals surface area contributed by atoms with Gasteiger partial charge in [0.05, 0.1) is 11.0 Å². The van der Waals surface area contributed by atoms with Crippen molar-refractivity contribution in [1.82, 2.24) is 19.5 Å². The molecule has 5 nitrogen and oxygen atoms in total. The molecule has 11 aromatic rings. The van der Waals surface area contributed by atoms with Crippen LogP contribution in [0, 0.1) is 0 Å². The number of benzene rings is 8. The summed E-state index contributed by atoms with van der Waals surface area (Å²) in [6.07, 6.45) is 0. The molecule has 252 valence electrons. The van der Waals surface area contributed by atoms with Gasteiger partial charge in [0.1, 0.15) is 11.2 Å².